The molecule has 0 fully saturated rings. The van der Waals surface area contributed by atoms with Crippen molar-refractivity contribution in [3.05, 3.63) is 66.0 Å². The maximum atomic E-state index is 12.9. The second kappa shape index (κ2) is 7.79. The number of nitrogens with zero attached hydrogens (tertiary/aromatic N) is 4. The Morgan fingerprint density at radius 1 is 1.08 bits per heavy atom. The zero-order valence-electron chi connectivity index (χ0n) is 14.9. The van der Waals surface area contributed by atoms with E-state index in [1.165, 1.54) is 0 Å². The van der Waals surface area contributed by atoms with Crippen molar-refractivity contribution in [2.45, 2.75) is 6.61 Å². The Morgan fingerprint density at radius 3 is 2.38 bits per heavy atom. The molecular formula is C19H20N4O3. The summed E-state index contributed by atoms with van der Waals surface area (Å²) in [6, 6.07) is 16.7. The van der Waals surface area contributed by atoms with Crippen LogP contribution in [0.25, 0.3) is 5.69 Å². The molecule has 3 rings (SSSR count). The third kappa shape index (κ3) is 3.43. The molecule has 0 saturated carbocycles. The van der Waals surface area contributed by atoms with E-state index in [0.717, 1.165) is 17.1 Å². The molecule has 1 amide bonds. The van der Waals surface area contributed by atoms with E-state index in [1.54, 1.807) is 30.8 Å². The molecule has 0 aliphatic heterocycles. The fourth-order valence-electron chi connectivity index (χ4n) is 2.59. The van der Waals surface area contributed by atoms with Gasteiger partial charge in [0.05, 0.1) is 19.4 Å². The summed E-state index contributed by atoms with van der Waals surface area (Å²) in [5, 5.41) is 8.27. The van der Waals surface area contributed by atoms with E-state index in [1.807, 2.05) is 54.6 Å². The number of carbonyl (C=O) groups excluding carboxylic acids is 1. The first-order valence-electron chi connectivity index (χ1n) is 8.06. The van der Waals surface area contributed by atoms with E-state index in [4.69, 9.17) is 9.47 Å². The standard InChI is InChI=1S/C19H20N4O3/c1-22(14-7-5-4-6-8-14)19(24)18-17(13-25-2)23(21-20-18)15-9-11-16(26-3)12-10-15/h4-12H,13H2,1-3H3. The van der Waals surface area contributed by atoms with Crippen molar-refractivity contribution in [2.24, 2.45) is 0 Å². The first-order chi connectivity index (χ1) is 12.7. The molecule has 134 valence electrons. The first-order valence-corrected chi connectivity index (χ1v) is 8.06. The average Bonchev–Trinajstić information content (AvgIpc) is 3.11. The summed E-state index contributed by atoms with van der Waals surface area (Å²) < 4.78 is 12.1. The molecule has 7 heteroatoms. The van der Waals surface area contributed by atoms with Crippen LogP contribution in [-0.4, -0.2) is 42.2 Å². The Labute approximate surface area is 151 Å². The number of amides is 1. The minimum Gasteiger partial charge on any atom is -0.497 e. The molecule has 0 unspecified atom stereocenters. The van der Waals surface area contributed by atoms with Crippen LogP contribution in [0.3, 0.4) is 0 Å². The largest absolute Gasteiger partial charge is 0.497 e. The van der Waals surface area contributed by atoms with Gasteiger partial charge in [-0.15, -0.1) is 5.10 Å². The molecule has 0 saturated heterocycles. The molecule has 0 atom stereocenters. The summed E-state index contributed by atoms with van der Waals surface area (Å²) in [4.78, 5) is 14.5. The SMILES string of the molecule is COCc1c(C(=O)N(C)c2ccccc2)nnn1-c1ccc(OC)cc1. The average molecular weight is 352 g/mol. The van der Waals surface area contributed by atoms with Gasteiger partial charge in [0.1, 0.15) is 11.4 Å². The Hall–Kier alpha value is -3.19. The van der Waals surface area contributed by atoms with Crippen LogP contribution in [0.2, 0.25) is 0 Å². The van der Waals surface area contributed by atoms with Crippen LogP contribution < -0.4 is 9.64 Å². The number of anilines is 1. The number of hydrogen-bond donors (Lipinski definition) is 0. The number of benzene rings is 2. The quantitative estimate of drug-likeness (QED) is 0.682. The number of aromatic nitrogens is 3. The van der Waals surface area contributed by atoms with Crippen molar-refractivity contribution in [3.63, 3.8) is 0 Å². The van der Waals surface area contributed by atoms with Gasteiger partial charge in [0.25, 0.3) is 5.91 Å². The monoisotopic (exact) mass is 352 g/mol. The molecule has 0 radical (unpaired) electrons. The molecular weight excluding hydrogens is 332 g/mol. The van der Waals surface area contributed by atoms with Crippen molar-refractivity contribution in [1.29, 1.82) is 0 Å². The highest BCUT2D eigenvalue weighted by Crippen LogP contribution is 2.20. The molecule has 0 aliphatic carbocycles. The summed E-state index contributed by atoms with van der Waals surface area (Å²) in [5.74, 6) is 0.491. The fraction of sp³-hybridized carbons (Fsp3) is 0.211. The summed E-state index contributed by atoms with van der Waals surface area (Å²) in [5.41, 5.74) is 2.39. The van der Waals surface area contributed by atoms with Crippen molar-refractivity contribution in [2.75, 3.05) is 26.2 Å². The van der Waals surface area contributed by atoms with Crippen LogP contribution in [0.1, 0.15) is 16.2 Å². The number of methoxy groups -OCH3 is 2. The highest BCUT2D eigenvalue weighted by atomic mass is 16.5. The molecule has 0 N–H and O–H groups in total. The lowest BCUT2D eigenvalue weighted by atomic mass is 10.2. The minimum absolute atomic E-state index is 0.211. The summed E-state index contributed by atoms with van der Waals surface area (Å²) in [6.07, 6.45) is 0. The Balaban J connectivity index is 1.97. The normalized spacial score (nSPS) is 10.6. The number of hydrogen-bond acceptors (Lipinski definition) is 5. The summed E-state index contributed by atoms with van der Waals surface area (Å²) >= 11 is 0. The molecule has 26 heavy (non-hydrogen) atoms. The predicted molar refractivity (Wildman–Crippen MR) is 97.8 cm³/mol. The van der Waals surface area contributed by atoms with E-state index >= 15 is 0 Å². The van der Waals surface area contributed by atoms with E-state index < -0.39 is 0 Å². The molecule has 7 nitrogen and oxygen atoms in total. The van der Waals surface area contributed by atoms with Crippen molar-refractivity contribution >= 4 is 11.6 Å². The fourth-order valence-corrected chi connectivity index (χ4v) is 2.59. The molecule has 0 bridgehead atoms. The Kier molecular flexibility index (Phi) is 5.28. The van der Waals surface area contributed by atoms with E-state index in [2.05, 4.69) is 10.3 Å². The summed E-state index contributed by atoms with van der Waals surface area (Å²) in [6.45, 7) is 0.211. The second-order valence-corrected chi connectivity index (χ2v) is 5.63. The summed E-state index contributed by atoms with van der Waals surface area (Å²) in [7, 11) is 4.89. The van der Waals surface area contributed by atoms with Gasteiger partial charge in [0.2, 0.25) is 0 Å². The van der Waals surface area contributed by atoms with Crippen LogP contribution in [0.15, 0.2) is 54.6 Å². The van der Waals surface area contributed by atoms with Gasteiger partial charge < -0.3 is 14.4 Å². The Morgan fingerprint density at radius 2 is 1.77 bits per heavy atom. The maximum absolute atomic E-state index is 12.9. The van der Waals surface area contributed by atoms with Crippen molar-refractivity contribution in [1.82, 2.24) is 15.0 Å². The first kappa shape index (κ1) is 17.6. The van der Waals surface area contributed by atoms with Gasteiger partial charge in [-0.05, 0) is 36.4 Å². The van der Waals surface area contributed by atoms with Crippen LogP contribution in [0.5, 0.6) is 5.75 Å². The maximum Gasteiger partial charge on any atom is 0.280 e. The lowest BCUT2D eigenvalue weighted by Gasteiger charge is -2.16. The van der Waals surface area contributed by atoms with Gasteiger partial charge in [-0.1, -0.05) is 23.4 Å². The molecule has 0 aliphatic rings. The molecule has 1 heterocycles. The molecule has 0 spiro atoms. The van der Waals surface area contributed by atoms with Crippen molar-refractivity contribution in [3.8, 4) is 11.4 Å². The minimum atomic E-state index is -0.247. The Bertz CT molecular complexity index is 876. The molecule has 3 aromatic rings. The van der Waals surface area contributed by atoms with Gasteiger partial charge in [-0.25, -0.2) is 4.68 Å². The van der Waals surface area contributed by atoms with Gasteiger partial charge in [-0.2, -0.15) is 0 Å². The zero-order chi connectivity index (χ0) is 18.5. The van der Waals surface area contributed by atoms with Gasteiger partial charge in [0.15, 0.2) is 5.69 Å². The van der Waals surface area contributed by atoms with E-state index in [9.17, 15) is 4.79 Å². The number of ether oxygens (including phenoxy) is 2. The van der Waals surface area contributed by atoms with Crippen LogP contribution >= 0.6 is 0 Å². The topological polar surface area (TPSA) is 69.5 Å². The highest BCUT2D eigenvalue weighted by Gasteiger charge is 2.24. The van der Waals surface area contributed by atoms with Crippen LogP contribution in [0, 0.1) is 0 Å². The predicted octanol–water partition coefficient (Wildman–Crippen LogP) is 2.70. The van der Waals surface area contributed by atoms with Gasteiger partial charge >= 0.3 is 0 Å². The van der Waals surface area contributed by atoms with Crippen LogP contribution in [-0.2, 0) is 11.3 Å². The second-order valence-electron chi connectivity index (χ2n) is 5.63. The lowest BCUT2D eigenvalue weighted by Crippen LogP contribution is -2.27. The molecule has 1 aromatic heterocycles. The zero-order valence-corrected chi connectivity index (χ0v) is 14.9. The molecule has 2 aromatic carbocycles. The van der Waals surface area contributed by atoms with Gasteiger partial charge in [0, 0.05) is 19.8 Å². The third-order valence-electron chi connectivity index (χ3n) is 4.01. The smallest absolute Gasteiger partial charge is 0.280 e. The lowest BCUT2D eigenvalue weighted by molar-refractivity contribution is 0.0983. The number of rotatable bonds is 6. The highest BCUT2D eigenvalue weighted by molar-refractivity contribution is 6.05. The van der Waals surface area contributed by atoms with E-state index in [0.29, 0.717) is 5.69 Å². The van der Waals surface area contributed by atoms with E-state index in [-0.39, 0.29) is 18.2 Å². The van der Waals surface area contributed by atoms with Crippen molar-refractivity contribution < 1.29 is 14.3 Å². The van der Waals surface area contributed by atoms with Crippen LogP contribution in [0.4, 0.5) is 5.69 Å². The number of para-hydroxylation sites is 1. The number of carbonyl (C=O) groups is 1. The van der Waals surface area contributed by atoms with Gasteiger partial charge in [-0.3, -0.25) is 4.79 Å². The third-order valence-corrected chi connectivity index (χ3v) is 4.01.